The summed E-state index contributed by atoms with van der Waals surface area (Å²) in [4.78, 5) is 14.8. The van der Waals surface area contributed by atoms with Crippen LogP contribution >= 0.6 is 0 Å². The van der Waals surface area contributed by atoms with Crippen LogP contribution in [0.5, 0.6) is 5.75 Å². The van der Waals surface area contributed by atoms with Crippen molar-refractivity contribution in [1.29, 1.82) is 0 Å². The van der Waals surface area contributed by atoms with Crippen LogP contribution in [0.25, 0.3) is 11.3 Å². The molecule has 19 heavy (non-hydrogen) atoms. The van der Waals surface area contributed by atoms with Crippen molar-refractivity contribution in [3.05, 3.63) is 52.3 Å². The Morgan fingerprint density at radius 2 is 2.11 bits per heavy atom. The maximum Gasteiger partial charge on any atom is 0.252 e. The van der Waals surface area contributed by atoms with E-state index in [1.54, 1.807) is 0 Å². The lowest BCUT2D eigenvalue weighted by molar-refractivity contribution is 0.340. The molecule has 0 aliphatic rings. The van der Waals surface area contributed by atoms with Crippen LogP contribution in [0, 0.1) is 0 Å². The van der Waals surface area contributed by atoms with Gasteiger partial charge in [-0.25, -0.2) is 0 Å². The summed E-state index contributed by atoms with van der Waals surface area (Å²) < 4.78 is 5.46. The Morgan fingerprint density at radius 3 is 2.79 bits per heavy atom. The first-order valence-corrected chi connectivity index (χ1v) is 6.34. The van der Waals surface area contributed by atoms with Gasteiger partial charge in [-0.15, -0.1) is 0 Å². The van der Waals surface area contributed by atoms with Gasteiger partial charge in [0.15, 0.2) is 0 Å². The standard InChI is InChI=1S/C15H18N2O2/c1-3-19-13-6-4-5-11(9-13)14-8-7-12(10-16-2)15(18)17-14/h4-9,16H,3,10H2,1-2H3,(H,17,18). The van der Waals surface area contributed by atoms with E-state index >= 15 is 0 Å². The van der Waals surface area contributed by atoms with Crippen molar-refractivity contribution in [2.24, 2.45) is 0 Å². The van der Waals surface area contributed by atoms with Gasteiger partial charge in [0.05, 0.1) is 6.61 Å². The monoisotopic (exact) mass is 258 g/mol. The Bertz CT molecular complexity index is 605. The van der Waals surface area contributed by atoms with Crippen molar-refractivity contribution in [1.82, 2.24) is 10.3 Å². The molecule has 4 nitrogen and oxygen atoms in total. The maximum absolute atomic E-state index is 11.9. The highest BCUT2D eigenvalue weighted by atomic mass is 16.5. The average molecular weight is 258 g/mol. The first kappa shape index (κ1) is 13.4. The van der Waals surface area contributed by atoms with Crippen molar-refractivity contribution in [3.8, 4) is 17.0 Å². The molecular formula is C15H18N2O2. The number of ether oxygens (including phenoxy) is 1. The Labute approximate surface area is 112 Å². The third kappa shape index (κ3) is 3.23. The molecule has 1 aromatic carbocycles. The zero-order valence-electron chi connectivity index (χ0n) is 11.2. The number of hydrogen-bond acceptors (Lipinski definition) is 3. The molecule has 0 bridgehead atoms. The summed E-state index contributed by atoms with van der Waals surface area (Å²) in [6.45, 7) is 3.14. The lowest BCUT2D eigenvalue weighted by Crippen LogP contribution is -2.18. The topological polar surface area (TPSA) is 54.1 Å². The average Bonchev–Trinajstić information content (AvgIpc) is 2.42. The van der Waals surface area contributed by atoms with E-state index in [0.717, 1.165) is 22.6 Å². The van der Waals surface area contributed by atoms with Gasteiger partial charge in [0.2, 0.25) is 0 Å². The Kier molecular flexibility index (Phi) is 4.36. The molecule has 0 saturated heterocycles. The first-order chi connectivity index (χ1) is 9.24. The number of aromatic amines is 1. The van der Waals surface area contributed by atoms with Crippen LogP contribution in [-0.2, 0) is 6.54 Å². The molecule has 0 amide bonds. The van der Waals surface area contributed by atoms with Crippen LogP contribution < -0.4 is 15.6 Å². The number of rotatable bonds is 5. The molecule has 1 aromatic heterocycles. The van der Waals surface area contributed by atoms with E-state index in [-0.39, 0.29) is 5.56 Å². The molecule has 1 heterocycles. The molecule has 0 fully saturated rings. The second kappa shape index (κ2) is 6.20. The molecule has 0 atom stereocenters. The molecule has 100 valence electrons. The summed E-state index contributed by atoms with van der Waals surface area (Å²) in [5, 5.41) is 2.97. The molecule has 2 rings (SSSR count). The Hall–Kier alpha value is -2.07. The maximum atomic E-state index is 11.9. The highest BCUT2D eigenvalue weighted by Crippen LogP contribution is 2.21. The fraction of sp³-hybridized carbons (Fsp3) is 0.267. The van der Waals surface area contributed by atoms with Gasteiger partial charge in [0.1, 0.15) is 5.75 Å². The smallest absolute Gasteiger partial charge is 0.252 e. The number of aromatic nitrogens is 1. The summed E-state index contributed by atoms with van der Waals surface area (Å²) in [6.07, 6.45) is 0. The van der Waals surface area contributed by atoms with Crippen molar-refractivity contribution in [2.45, 2.75) is 13.5 Å². The Morgan fingerprint density at radius 1 is 1.26 bits per heavy atom. The highest BCUT2D eigenvalue weighted by molar-refractivity contribution is 5.61. The number of H-pyrrole nitrogens is 1. The van der Waals surface area contributed by atoms with Gasteiger partial charge >= 0.3 is 0 Å². The minimum atomic E-state index is -0.0614. The van der Waals surface area contributed by atoms with Gasteiger partial charge in [-0.1, -0.05) is 18.2 Å². The third-order valence-electron chi connectivity index (χ3n) is 2.81. The van der Waals surface area contributed by atoms with Crippen LogP contribution in [-0.4, -0.2) is 18.6 Å². The van der Waals surface area contributed by atoms with Crippen molar-refractivity contribution >= 4 is 0 Å². The van der Waals surface area contributed by atoms with Crippen molar-refractivity contribution in [2.75, 3.05) is 13.7 Å². The molecule has 0 unspecified atom stereocenters. The van der Waals surface area contributed by atoms with Gasteiger partial charge in [0, 0.05) is 23.4 Å². The molecular weight excluding hydrogens is 240 g/mol. The number of hydrogen-bond donors (Lipinski definition) is 2. The predicted octanol–water partition coefficient (Wildman–Crippen LogP) is 2.16. The summed E-state index contributed by atoms with van der Waals surface area (Å²) in [5.74, 6) is 0.806. The van der Waals surface area contributed by atoms with E-state index in [1.807, 2.05) is 50.4 Å². The SMILES string of the molecule is CCOc1cccc(-c2ccc(CNC)c(=O)[nH]2)c1. The second-order valence-corrected chi connectivity index (χ2v) is 4.22. The predicted molar refractivity (Wildman–Crippen MR) is 76.4 cm³/mol. The minimum Gasteiger partial charge on any atom is -0.494 e. The molecule has 4 heteroatoms. The molecule has 0 saturated carbocycles. The third-order valence-corrected chi connectivity index (χ3v) is 2.81. The molecule has 0 radical (unpaired) electrons. The van der Waals surface area contributed by atoms with Crippen molar-refractivity contribution in [3.63, 3.8) is 0 Å². The molecule has 0 aliphatic carbocycles. The van der Waals surface area contributed by atoms with Gasteiger partial charge in [-0.3, -0.25) is 4.79 Å². The quantitative estimate of drug-likeness (QED) is 0.864. The summed E-state index contributed by atoms with van der Waals surface area (Å²) >= 11 is 0. The molecule has 2 aromatic rings. The minimum absolute atomic E-state index is 0.0614. The largest absolute Gasteiger partial charge is 0.494 e. The molecule has 2 N–H and O–H groups in total. The fourth-order valence-corrected chi connectivity index (χ4v) is 1.92. The van der Waals surface area contributed by atoms with Gasteiger partial charge in [0.25, 0.3) is 5.56 Å². The Balaban J connectivity index is 2.34. The van der Waals surface area contributed by atoms with E-state index in [1.165, 1.54) is 0 Å². The lowest BCUT2D eigenvalue weighted by Gasteiger charge is -2.07. The molecule has 0 aliphatic heterocycles. The zero-order valence-corrected chi connectivity index (χ0v) is 11.2. The van der Waals surface area contributed by atoms with E-state index in [9.17, 15) is 4.79 Å². The van der Waals surface area contributed by atoms with Crippen LogP contribution in [0.2, 0.25) is 0 Å². The van der Waals surface area contributed by atoms with Crippen LogP contribution in [0.3, 0.4) is 0 Å². The van der Waals surface area contributed by atoms with Crippen molar-refractivity contribution < 1.29 is 4.74 Å². The van der Waals surface area contributed by atoms with Gasteiger partial charge in [-0.05, 0) is 32.2 Å². The number of benzene rings is 1. The second-order valence-electron chi connectivity index (χ2n) is 4.22. The van der Waals surface area contributed by atoms with E-state index in [2.05, 4.69) is 10.3 Å². The lowest BCUT2D eigenvalue weighted by atomic mass is 10.1. The summed E-state index contributed by atoms with van der Waals surface area (Å²) in [7, 11) is 1.82. The van der Waals surface area contributed by atoms with E-state index in [0.29, 0.717) is 13.2 Å². The van der Waals surface area contributed by atoms with E-state index in [4.69, 9.17) is 4.74 Å². The highest BCUT2D eigenvalue weighted by Gasteiger charge is 2.03. The van der Waals surface area contributed by atoms with Crippen LogP contribution in [0.15, 0.2) is 41.2 Å². The summed E-state index contributed by atoms with van der Waals surface area (Å²) in [6, 6.07) is 11.5. The van der Waals surface area contributed by atoms with Crippen LogP contribution in [0.1, 0.15) is 12.5 Å². The number of pyridine rings is 1. The normalized spacial score (nSPS) is 10.4. The first-order valence-electron chi connectivity index (χ1n) is 6.34. The van der Waals surface area contributed by atoms with Gasteiger partial charge < -0.3 is 15.0 Å². The zero-order chi connectivity index (χ0) is 13.7. The van der Waals surface area contributed by atoms with Gasteiger partial charge in [-0.2, -0.15) is 0 Å². The summed E-state index contributed by atoms with van der Waals surface area (Å²) in [5.41, 5.74) is 2.41. The van der Waals surface area contributed by atoms with E-state index < -0.39 is 0 Å². The number of nitrogens with one attached hydrogen (secondary N) is 2. The molecule has 0 spiro atoms. The fourth-order valence-electron chi connectivity index (χ4n) is 1.92. The van der Waals surface area contributed by atoms with Crippen LogP contribution in [0.4, 0.5) is 0 Å².